The molecule has 0 unspecified atom stereocenters. The molecule has 0 heterocycles. The molecule has 0 radical (unpaired) electrons. The van der Waals surface area contributed by atoms with Crippen LogP contribution >= 0.6 is 15.9 Å². The SMILES string of the molecule is CCc1ccc(C(=O)OCC(=O)NCc2cccc(Br)c2)cc1. The Morgan fingerprint density at radius 3 is 2.48 bits per heavy atom. The van der Waals surface area contributed by atoms with Crippen LogP contribution in [0.2, 0.25) is 0 Å². The Balaban J connectivity index is 1.78. The smallest absolute Gasteiger partial charge is 0.338 e. The first kappa shape index (κ1) is 17.2. The van der Waals surface area contributed by atoms with Crippen LogP contribution in [0.25, 0.3) is 0 Å². The maximum absolute atomic E-state index is 11.9. The molecule has 0 atom stereocenters. The molecule has 5 heteroatoms. The largest absolute Gasteiger partial charge is 0.452 e. The van der Waals surface area contributed by atoms with E-state index in [0.717, 1.165) is 22.0 Å². The van der Waals surface area contributed by atoms with Gasteiger partial charge in [-0.05, 0) is 41.8 Å². The van der Waals surface area contributed by atoms with Crippen molar-refractivity contribution in [1.29, 1.82) is 0 Å². The first-order valence-corrected chi connectivity index (χ1v) is 8.15. The fourth-order valence-corrected chi connectivity index (χ4v) is 2.44. The van der Waals surface area contributed by atoms with Crippen LogP contribution in [0.1, 0.15) is 28.4 Å². The van der Waals surface area contributed by atoms with E-state index in [1.165, 1.54) is 0 Å². The van der Waals surface area contributed by atoms with Gasteiger partial charge in [-0.2, -0.15) is 0 Å². The van der Waals surface area contributed by atoms with Gasteiger partial charge in [0.15, 0.2) is 6.61 Å². The lowest BCUT2D eigenvalue weighted by atomic mass is 10.1. The Labute approximate surface area is 144 Å². The molecule has 2 rings (SSSR count). The number of nitrogens with one attached hydrogen (secondary N) is 1. The Morgan fingerprint density at radius 2 is 1.83 bits per heavy atom. The third-order valence-corrected chi connectivity index (χ3v) is 3.80. The van der Waals surface area contributed by atoms with Crippen LogP contribution < -0.4 is 5.32 Å². The molecule has 0 fully saturated rings. The third-order valence-electron chi connectivity index (χ3n) is 3.31. The molecule has 120 valence electrons. The molecule has 4 nitrogen and oxygen atoms in total. The second kappa shape index (κ2) is 8.48. The van der Waals surface area contributed by atoms with E-state index in [1.807, 2.05) is 43.3 Å². The molecule has 0 aliphatic heterocycles. The van der Waals surface area contributed by atoms with Crippen LogP contribution in [-0.2, 0) is 22.5 Å². The fraction of sp³-hybridized carbons (Fsp3) is 0.222. The van der Waals surface area contributed by atoms with Gasteiger partial charge >= 0.3 is 5.97 Å². The molecule has 0 aliphatic carbocycles. The molecule has 2 aromatic carbocycles. The van der Waals surface area contributed by atoms with Crippen molar-refractivity contribution < 1.29 is 14.3 Å². The van der Waals surface area contributed by atoms with E-state index in [-0.39, 0.29) is 12.5 Å². The summed E-state index contributed by atoms with van der Waals surface area (Å²) >= 11 is 3.37. The van der Waals surface area contributed by atoms with Crippen molar-refractivity contribution in [3.63, 3.8) is 0 Å². The number of aryl methyl sites for hydroxylation is 1. The van der Waals surface area contributed by atoms with Crippen molar-refractivity contribution in [2.45, 2.75) is 19.9 Å². The van der Waals surface area contributed by atoms with Crippen molar-refractivity contribution in [3.05, 3.63) is 69.7 Å². The van der Waals surface area contributed by atoms with Crippen LogP contribution in [0.5, 0.6) is 0 Å². The third kappa shape index (κ3) is 5.53. The Kier molecular flexibility index (Phi) is 6.35. The predicted octanol–water partition coefficient (Wildman–Crippen LogP) is 3.48. The summed E-state index contributed by atoms with van der Waals surface area (Å²) < 4.78 is 5.97. The summed E-state index contributed by atoms with van der Waals surface area (Å²) in [7, 11) is 0. The normalized spacial score (nSPS) is 10.2. The number of esters is 1. The second-order valence-electron chi connectivity index (χ2n) is 5.03. The zero-order valence-corrected chi connectivity index (χ0v) is 14.4. The number of halogens is 1. The van der Waals surface area contributed by atoms with Gasteiger partial charge in [0.1, 0.15) is 0 Å². The highest BCUT2D eigenvalue weighted by atomic mass is 79.9. The van der Waals surface area contributed by atoms with Crippen molar-refractivity contribution >= 4 is 27.8 Å². The minimum absolute atomic E-state index is 0.289. The first-order chi connectivity index (χ1) is 11.1. The molecule has 0 saturated heterocycles. The summed E-state index contributed by atoms with van der Waals surface area (Å²) in [5.74, 6) is -0.825. The average molecular weight is 376 g/mol. The van der Waals surface area contributed by atoms with E-state index in [4.69, 9.17) is 4.74 Å². The van der Waals surface area contributed by atoms with Crippen LogP contribution in [0.4, 0.5) is 0 Å². The van der Waals surface area contributed by atoms with Crippen LogP contribution in [0, 0.1) is 0 Å². The maximum atomic E-state index is 11.9. The summed E-state index contributed by atoms with van der Waals surface area (Å²) in [5.41, 5.74) is 2.56. The van der Waals surface area contributed by atoms with Crippen molar-refractivity contribution in [1.82, 2.24) is 5.32 Å². The first-order valence-electron chi connectivity index (χ1n) is 7.35. The van der Waals surface area contributed by atoms with E-state index in [2.05, 4.69) is 21.2 Å². The number of carbonyl (C=O) groups excluding carboxylic acids is 2. The number of ether oxygens (including phenoxy) is 1. The van der Waals surface area contributed by atoms with E-state index < -0.39 is 5.97 Å². The van der Waals surface area contributed by atoms with E-state index in [1.54, 1.807) is 12.1 Å². The number of rotatable bonds is 6. The van der Waals surface area contributed by atoms with Gasteiger partial charge in [0.05, 0.1) is 5.56 Å². The topological polar surface area (TPSA) is 55.4 Å². The minimum Gasteiger partial charge on any atom is -0.452 e. The average Bonchev–Trinajstić information content (AvgIpc) is 2.58. The van der Waals surface area contributed by atoms with E-state index in [0.29, 0.717) is 12.1 Å². The fourth-order valence-electron chi connectivity index (χ4n) is 1.99. The maximum Gasteiger partial charge on any atom is 0.338 e. The van der Waals surface area contributed by atoms with Gasteiger partial charge in [0, 0.05) is 11.0 Å². The zero-order chi connectivity index (χ0) is 16.7. The molecular weight excluding hydrogens is 358 g/mol. The van der Waals surface area contributed by atoms with E-state index in [9.17, 15) is 9.59 Å². The molecule has 0 bridgehead atoms. The van der Waals surface area contributed by atoms with E-state index >= 15 is 0 Å². The summed E-state index contributed by atoms with van der Waals surface area (Å²) in [6.07, 6.45) is 0.910. The van der Waals surface area contributed by atoms with Crippen molar-refractivity contribution in [3.8, 4) is 0 Å². The van der Waals surface area contributed by atoms with Crippen LogP contribution in [0.15, 0.2) is 53.0 Å². The standard InChI is InChI=1S/C18H18BrNO3/c1-2-13-6-8-15(9-7-13)18(22)23-12-17(21)20-11-14-4-3-5-16(19)10-14/h3-10H,2,11-12H2,1H3,(H,20,21). The molecule has 1 amide bonds. The van der Waals surface area contributed by atoms with Gasteiger partial charge in [-0.1, -0.05) is 47.1 Å². The molecule has 0 aliphatic rings. The summed E-state index contributed by atoms with van der Waals surface area (Å²) in [6.45, 7) is 2.15. The molecule has 0 spiro atoms. The number of hydrogen-bond donors (Lipinski definition) is 1. The quantitative estimate of drug-likeness (QED) is 0.786. The lowest BCUT2D eigenvalue weighted by Gasteiger charge is -2.07. The molecule has 0 aromatic heterocycles. The highest BCUT2D eigenvalue weighted by Crippen LogP contribution is 2.11. The predicted molar refractivity (Wildman–Crippen MR) is 92.1 cm³/mol. The summed E-state index contributed by atoms with van der Waals surface area (Å²) in [5, 5.41) is 2.71. The van der Waals surface area contributed by atoms with Crippen molar-refractivity contribution in [2.75, 3.05) is 6.61 Å². The Hall–Kier alpha value is -2.14. The molecular formula is C18H18BrNO3. The van der Waals surface area contributed by atoms with Gasteiger partial charge in [-0.15, -0.1) is 0 Å². The number of carbonyl (C=O) groups is 2. The van der Waals surface area contributed by atoms with Crippen molar-refractivity contribution in [2.24, 2.45) is 0 Å². The molecule has 1 N–H and O–H groups in total. The molecule has 23 heavy (non-hydrogen) atoms. The highest BCUT2D eigenvalue weighted by molar-refractivity contribution is 9.10. The van der Waals surface area contributed by atoms with Gasteiger partial charge in [-0.25, -0.2) is 4.79 Å². The summed E-state index contributed by atoms with van der Waals surface area (Å²) in [4.78, 5) is 23.6. The van der Waals surface area contributed by atoms with Gasteiger partial charge < -0.3 is 10.1 Å². The van der Waals surface area contributed by atoms with Gasteiger partial charge in [0.2, 0.25) is 0 Å². The minimum atomic E-state index is -0.495. The molecule has 0 saturated carbocycles. The number of benzene rings is 2. The monoisotopic (exact) mass is 375 g/mol. The van der Waals surface area contributed by atoms with Crippen LogP contribution in [-0.4, -0.2) is 18.5 Å². The zero-order valence-electron chi connectivity index (χ0n) is 12.8. The van der Waals surface area contributed by atoms with Crippen LogP contribution in [0.3, 0.4) is 0 Å². The summed E-state index contributed by atoms with van der Waals surface area (Å²) in [6, 6.07) is 14.8. The highest BCUT2D eigenvalue weighted by Gasteiger charge is 2.10. The number of amides is 1. The van der Waals surface area contributed by atoms with Gasteiger partial charge in [0.25, 0.3) is 5.91 Å². The second-order valence-corrected chi connectivity index (χ2v) is 5.95. The molecule has 2 aromatic rings. The number of hydrogen-bond acceptors (Lipinski definition) is 3. The lowest BCUT2D eigenvalue weighted by molar-refractivity contribution is -0.124. The Morgan fingerprint density at radius 1 is 1.09 bits per heavy atom. The lowest BCUT2D eigenvalue weighted by Crippen LogP contribution is -2.28. The Bertz CT molecular complexity index is 683. The van der Waals surface area contributed by atoms with Gasteiger partial charge in [-0.3, -0.25) is 4.79 Å².